The standard InChI is InChI=1S/C26H32O5/c1-26(2,3)25(29-5)21-8-6-7-20-19(21)11-12-22(20)31-17-9-10-18-16(13-24(27)28-4)15-30-23(18)14-17/h6-10,14,16,22,25H,11-13,15H2,1-5H3/t16?,22-,25?/m1/s1. The normalized spacial score (nSPS) is 20.5. The van der Waals surface area contributed by atoms with Gasteiger partial charge in [-0.25, -0.2) is 0 Å². The molecule has 0 radical (unpaired) electrons. The summed E-state index contributed by atoms with van der Waals surface area (Å²) in [6, 6.07) is 12.4. The minimum absolute atomic E-state index is 0.0118. The molecule has 0 saturated carbocycles. The van der Waals surface area contributed by atoms with Crippen LogP contribution in [0.25, 0.3) is 0 Å². The fourth-order valence-corrected chi connectivity index (χ4v) is 4.91. The third-order valence-electron chi connectivity index (χ3n) is 6.34. The van der Waals surface area contributed by atoms with Crippen LogP contribution >= 0.6 is 0 Å². The maximum Gasteiger partial charge on any atom is 0.306 e. The highest BCUT2D eigenvalue weighted by molar-refractivity contribution is 5.71. The number of ether oxygens (including phenoxy) is 4. The lowest BCUT2D eigenvalue weighted by Gasteiger charge is -2.31. The Morgan fingerprint density at radius 1 is 1.16 bits per heavy atom. The topological polar surface area (TPSA) is 54.0 Å². The van der Waals surface area contributed by atoms with Gasteiger partial charge in [0.2, 0.25) is 0 Å². The van der Waals surface area contributed by atoms with Crippen LogP contribution in [-0.2, 0) is 20.7 Å². The molecule has 0 aromatic heterocycles. The van der Waals surface area contributed by atoms with E-state index in [4.69, 9.17) is 18.9 Å². The smallest absolute Gasteiger partial charge is 0.306 e. The molecule has 2 unspecified atom stereocenters. The van der Waals surface area contributed by atoms with Crippen LogP contribution in [0, 0.1) is 5.41 Å². The highest BCUT2D eigenvalue weighted by atomic mass is 16.5. The van der Waals surface area contributed by atoms with Gasteiger partial charge in [0, 0.05) is 24.7 Å². The highest BCUT2D eigenvalue weighted by Gasteiger charge is 2.33. The summed E-state index contributed by atoms with van der Waals surface area (Å²) in [7, 11) is 3.20. The molecular weight excluding hydrogens is 392 g/mol. The van der Waals surface area contributed by atoms with Gasteiger partial charge >= 0.3 is 5.97 Å². The SMILES string of the molecule is COC(=O)CC1COc2cc(O[C@@H]3CCc4c(C(OC)C(C)(C)C)cccc43)ccc21. The number of hydrogen-bond donors (Lipinski definition) is 0. The van der Waals surface area contributed by atoms with Crippen LogP contribution in [0.3, 0.4) is 0 Å². The predicted octanol–water partition coefficient (Wildman–Crippen LogP) is 5.53. The molecule has 2 aliphatic rings. The monoisotopic (exact) mass is 424 g/mol. The lowest BCUT2D eigenvalue weighted by atomic mass is 9.82. The molecule has 4 rings (SSSR count). The van der Waals surface area contributed by atoms with Crippen molar-refractivity contribution in [1.82, 2.24) is 0 Å². The van der Waals surface area contributed by atoms with Crippen LogP contribution in [0.15, 0.2) is 36.4 Å². The second kappa shape index (κ2) is 8.54. The Labute approximate surface area is 184 Å². The molecule has 0 N–H and O–H groups in total. The number of fused-ring (bicyclic) bond motifs is 2. The minimum atomic E-state index is -0.218. The van der Waals surface area contributed by atoms with Crippen molar-refractivity contribution in [3.05, 3.63) is 58.7 Å². The molecule has 2 aromatic carbocycles. The van der Waals surface area contributed by atoms with E-state index in [1.54, 1.807) is 7.11 Å². The maximum absolute atomic E-state index is 11.6. The number of benzene rings is 2. The van der Waals surface area contributed by atoms with Gasteiger partial charge in [-0.05, 0) is 41.0 Å². The second-order valence-electron chi connectivity index (χ2n) is 9.53. The van der Waals surface area contributed by atoms with Gasteiger partial charge in [0.15, 0.2) is 0 Å². The molecule has 5 nitrogen and oxygen atoms in total. The second-order valence-corrected chi connectivity index (χ2v) is 9.53. The molecule has 0 fully saturated rings. The van der Waals surface area contributed by atoms with Crippen molar-refractivity contribution in [3.8, 4) is 11.5 Å². The van der Waals surface area contributed by atoms with Gasteiger partial charge in [-0.15, -0.1) is 0 Å². The Bertz CT molecular complexity index is 959. The number of rotatable bonds is 6. The molecule has 31 heavy (non-hydrogen) atoms. The fraction of sp³-hybridized carbons (Fsp3) is 0.500. The van der Waals surface area contributed by atoms with Crippen LogP contribution in [0.1, 0.15) is 74.0 Å². The Kier molecular flexibility index (Phi) is 5.98. The van der Waals surface area contributed by atoms with Crippen molar-refractivity contribution in [2.24, 2.45) is 5.41 Å². The van der Waals surface area contributed by atoms with E-state index in [0.29, 0.717) is 13.0 Å². The maximum atomic E-state index is 11.6. The van der Waals surface area contributed by atoms with Crippen molar-refractivity contribution in [2.75, 3.05) is 20.8 Å². The number of methoxy groups -OCH3 is 2. The molecule has 0 saturated heterocycles. The Morgan fingerprint density at radius 2 is 1.97 bits per heavy atom. The predicted molar refractivity (Wildman–Crippen MR) is 119 cm³/mol. The first-order valence-corrected chi connectivity index (χ1v) is 11.0. The van der Waals surface area contributed by atoms with Crippen molar-refractivity contribution in [1.29, 1.82) is 0 Å². The number of carbonyl (C=O) groups excluding carboxylic acids is 1. The van der Waals surface area contributed by atoms with Crippen molar-refractivity contribution >= 4 is 5.97 Å². The summed E-state index contributed by atoms with van der Waals surface area (Å²) in [6.45, 7) is 7.12. The molecule has 166 valence electrons. The molecule has 2 aromatic rings. The summed E-state index contributed by atoms with van der Waals surface area (Å²) in [6.07, 6.45) is 2.31. The lowest BCUT2D eigenvalue weighted by molar-refractivity contribution is -0.141. The van der Waals surface area contributed by atoms with E-state index in [-0.39, 0.29) is 29.5 Å². The Balaban J connectivity index is 1.53. The molecule has 1 heterocycles. The van der Waals surface area contributed by atoms with Gasteiger partial charge in [-0.2, -0.15) is 0 Å². The summed E-state index contributed by atoms with van der Waals surface area (Å²) in [5.41, 5.74) is 4.92. The van der Waals surface area contributed by atoms with Crippen LogP contribution < -0.4 is 9.47 Å². The van der Waals surface area contributed by atoms with Gasteiger partial charge in [-0.1, -0.05) is 45.0 Å². The Hall–Kier alpha value is -2.53. The summed E-state index contributed by atoms with van der Waals surface area (Å²) in [4.78, 5) is 11.6. The van der Waals surface area contributed by atoms with Gasteiger partial charge < -0.3 is 18.9 Å². The summed E-state index contributed by atoms with van der Waals surface area (Å²) < 4.78 is 22.9. The number of carbonyl (C=O) groups is 1. The van der Waals surface area contributed by atoms with Crippen molar-refractivity contribution in [3.63, 3.8) is 0 Å². The average Bonchev–Trinajstić information content (AvgIpc) is 3.32. The zero-order valence-electron chi connectivity index (χ0n) is 19.1. The summed E-state index contributed by atoms with van der Waals surface area (Å²) in [5, 5.41) is 0. The van der Waals surface area contributed by atoms with E-state index < -0.39 is 0 Å². The largest absolute Gasteiger partial charge is 0.492 e. The summed E-state index contributed by atoms with van der Waals surface area (Å²) >= 11 is 0. The van der Waals surface area contributed by atoms with E-state index in [0.717, 1.165) is 29.9 Å². The highest BCUT2D eigenvalue weighted by Crippen LogP contribution is 2.45. The third kappa shape index (κ3) is 4.29. The first kappa shape index (κ1) is 21.7. The van der Waals surface area contributed by atoms with E-state index in [2.05, 4.69) is 39.0 Å². The molecule has 1 aliphatic heterocycles. The van der Waals surface area contributed by atoms with Crippen LogP contribution in [0.5, 0.6) is 11.5 Å². The van der Waals surface area contributed by atoms with Crippen LogP contribution in [-0.4, -0.2) is 26.8 Å². The number of hydrogen-bond acceptors (Lipinski definition) is 5. The van der Waals surface area contributed by atoms with E-state index >= 15 is 0 Å². The fourth-order valence-electron chi connectivity index (χ4n) is 4.91. The first-order valence-electron chi connectivity index (χ1n) is 11.0. The molecule has 0 amide bonds. The van der Waals surface area contributed by atoms with Gasteiger partial charge in [0.25, 0.3) is 0 Å². The van der Waals surface area contributed by atoms with Gasteiger partial charge in [0.05, 0.1) is 26.2 Å². The van der Waals surface area contributed by atoms with Gasteiger partial charge in [0.1, 0.15) is 17.6 Å². The zero-order valence-corrected chi connectivity index (χ0v) is 19.1. The lowest BCUT2D eigenvalue weighted by Crippen LogP contribution is -2.21. The number of esters is 1. The first-order chi connectivity index (χ1) is 14.8. The molecule has 1 aliphatic carbocycles. The quantitative estimate of drug-likeness (QED) is 0.571. The molecule has 0 spiro atoms. The van der Waals surface area contributed by atoms with E-state index in [1.165, 1.54) is 23.8 Å². The molecule has 5 heteroatoms. The van der Waals surface area contributed by atoms with Crippen molar-refractivity contribution in [2.45, 2.75) is 58.2 Å². The van der Waals surface area contributed by atoms with Gasteiger partial charge in [-0.3, -0.25) is 4.79 Å². The minimum Gasteiger partial charge on any atom is -0.492 e. The third-order valence-corrected chi connectivity index (χ3v) is 6.34. The average molecular weight is 425 g/mol. The van der Waals surface area contributed by atoms with E-state index in [1.807, 2.05) is 18.2 Å². The summed E-state index contributed by atoms with van der Waals surface area (Å²) in [5.74, 6) is 1.41. The van der Waals surface area contributed by atoms with E-state index in [9.17, 15) is 4.79 Å². The molecule has 0 bridgehead atoms. The van der Waals surface area contributed by atoms with Crippen LogP contribution in [0.4, 0.5) is 0 Å². The van der Waals surface area contributed by atoms with Crippen LogP contribution in [0.2, 0.25) is 0 Å². The zero-order chi connectivity index (χ0) is 22.2. The molecule has 3 atom stereocenters. The Morgan fingerprint density at radius 3 is 2.68 bits per heavy atom. The van der Waals surface area contributed by atoms with Crippen molar-refractivity contribution < 1.29 is 23.7 Å². The molecular formula is C26H32O5.